The molecule has 1 aromatic carbocycles. The van der Waals surface area contributed by atoms with Gasteiger partial charge in [0.05, 0.1) is 5.56 Å². The lowest BCUT2D eigenvalue weighted by Gasteiger charge is -2.29. The second-order valence-electron chi connectivity index (χ2n) is 10.2. The van der Waals surface area contributed by atoms with E-state index in [0.29, 0.717) is 51.6 Å². The van der Waals surface area contributed by atoms with Gasteiger partial charge in [0.1, 0.15) is 29.6 Å². The first-order valence-corrected chi connectivity index (χ1v) is 13.9. The first-order valence-electron chi connectivity index (χ1n) is 13.9. The van der Waals surface area contributed by atoms with Crippen molar-refractivity contribution in [1.29, 1.82) is 0 Å². The number of aromatic hydroxyl groups is 2. The molecule has 0 bridgehead atoms. The Labute approximate surface area is 234 Å². The van der Waals surface area contributed by atoms with E-state index >= 15 is 0 Å². The van der Waals surface area contributed by atoms with Crippen molar-refractivity contribution >= 4 is 29.6 Å². The van der Waals surface area contributed by atoms with Gasteiger partial charge in [0, 0.05) is 19.5 Å². The summed E-state index contributed by atoms with van der Waals surface area (Å²) in [4.78, 5) is 64.0. The number of rotatable bonds is 15. The molecule has 4 amide bonds. The summed E-state index contributed by atoms with van der Waals surface area (Å²) in [5.74, 6) is -3.38. The maximum Gasteiger partial charge on any atom is 0.326 e. The lowest BCUT2D eigenvalue weighted by Crippen LogP contribution is -2.57. The number of amides is 4. The Morgan fingerprint density at radius 2 is 1.75 bits per heavy atom. The molecule has 1 aliphatic rings. The van der Waals surface area contributed by atoms with Gasteiger partial charge in [-0.3, -0.25) is 19.2 Å². The highest BCUT2D eigenvalue weighted by Crippen LogP contribution is 2.22. The Kier molecular flexibility index (Phi) is 12.7. The van der Waals surface area contributed by atoms with Crippen molar-refractivity contribution in [3.63, 3.8) is 0 Å². The smallest absolute Gasteiger partial charge is 0.326 e. The van der Waals surface area contributed by atoms with Gasteiger partial charge in [0.25, 0.3) is 5.91 Å². The maximum absolute atomic E-state index is 13.2. The van der Waals surface area contributed by atoms with Gasteiger partial charge in [-0.2, -0.15) is 0 Å². The Morgan fingerprint density at radius 1 is 1.02 bits per heavy atom. The average Bonchev–Trinajstić information content (AvgIpc) is 3.42. The number of carboxylic acid groups (broad SMARTS) is 1. The molecule has 4 atom stereocenters. The first kappa shape index (κ1) is 32.4. The van der Waals surface area contributed by atoms with Crippen LogP contribution < -0.4 is 16.0 Å². The molecule has 0 aliphatic carbocycles. The van der Waals surface area contributed by atoms with Crippen LogP contribution in [0.4, 0.5) is 0 Å². The molecule has 0 unspecified atom stereocenters. The minimum absolute atomic E-state index is 0.0198. The number of hydrogen-bond donors (Lipinski definition) is 6. The fourth-order valence-corrected chi connectivity index (χ4v) is 4.61. The van der Waals surface area contributed by atoms with Crippen molar-refractivity contribution in [2.24, 2.45) is 5.92 Å². The van der Waals surface area contributed by atoms with Gasteiger partial charge in [0.15, 0.2) is 0 Å². The zero-order chi connectivity index (χ0) is 29.8. The van der Waals surface area contributed by atoms with Gasteiger partial charge in [-0.05, 0) is 56.2 Å². The van der Waals surface area contributed by atoms with Crippen LogP contribution in [0.3, 0.4) is 0 Å². The number of hydrogen-bond acceptors (Lipinski definition) is 7. The minimum Gasteiger partial charge on any atom is -0.508 e. The molecule has 222 valence electrons. The van der Waals surface area contributed by atoms with Crippen LogP contribution in [0.5, 0.6) is 11.5 Å². The minimum atomic E-state index is -1.14. The maximum atomic E-state index is 13.2. The van der Waals surface area contributed by atoms with Crippen LogP contribution in [0.25, 0.3) is 0 Å². The molecule has 40 heavy (non-hydrogen) atoms. The lowest BCUT2D eigenvalue weighted by atomic mass is 9.97. The number of nitrogens with one attached hydrogen (secondary N) is 3. The quantitative estimate of drug-likeness (QED) is 0.138. The van der Waals surface area contributed by atoms with Gasteiger partial charge in [-0.1, -0.05) is 33.6 Å². The van der Waals surface area contributed by atoms with Crippen LogP contribution in [0.1, 0.15) is 82.5 Å². The largest absolute Gasteiger partial charge is 0.508 e. The van der Waals surface area contributed by atoms with Gasteiger partial charge >= 0.3 is 5.97 Å². The van der Waals surface area contributed by atoms with Crippen LogP contribution >= 0.6 is 0 Å². The average molecular weight is 563 g/mol. The zero-order valence-electron chi connectivity index (χ0n) is 23.4. The van der Waals surface area contributed by atoms with Gasteiger partial charge in [-0.15, -0.1) is 0 Å². The number of unbranched alkanes of at least 4 members (excludes halogenated alkanes) is 2. The summed E-state index contributed by atoms with van der Waals surface area (Å²) >= 11 is 0. The van der Waals surface area contributed by atoms with E-state index in [4.69, 9.17) is 0 Å². The van der Waals surface area contributed by atoms with Gasteiger partial charge in [-0.25, -0.2) is 4.79 Å². The van der Waals surface area contributed by atoms with Crippen LogP contribution in [-0.2, 0) is 19.2 Å². The Bertz CT molecular complexity index is 1060. The second kappa shape index (κ2) is 15.7. The molecule has 1 fully saturated rings. The standard InChI is InChI=1S/C28H42N4O8/c1-4-17(3)24(27(38)30-20(5-2)28(39)40)31-26(37)21-10-9-15-32(21)23(35)11-7-6-8-14-29-25(36)19-16-18(33)12-13-22(19)34/h12-13,16-17,20-21,24,33-34H,4-11,14-15H2,1-3H3,(H,29,36)(H,30,38)(H,31,37)(H,39,40)/t17-,20-,21-,24-/m0/s1. The van der Waals surface area contributed by atoms with Crippen LogP contribution in [0.15, 0.2) is 18.2 Å². The number of aliphatic carboxylic acids is 1. The number of phenolic OH excluding ortho intramolecular Hbond substituents is 2. The monoisotopic (exact) mass is 562 g/mol. The summed E-state index contributed by atoms with van der Waals surface area (Å²) < 4.78 is 0. The normalized spacial score (nSPS) is 17.0. The highest BCUT2D eigenvalue weighted by atomic mass is 16.4. The van der Waals surface area contributed by atoms with Crippen molar-refractivity contribution in [3.8, 4) is 11.5 Å². The number of benzene rings is 1. The first-order chi connectivity index (χ1) is 19.0. The molecule has 0 radical (unpaired) electrons. The van der Waals surface area contributed by atoms with Crippen LogP contribution in [0.2, 0.25) is 0 Å². The summed E-state index contributed by atoms with van der Waals surface area (Å²) in [5, 5.41) is 36.5. The number of nitrogens with zero attached hydrogens (tertiary/aromatic N) is 1. The van der Waals surface area contributed by atoms with Crippen molar-refractivity contribution in [1.82, 2.24) is 20.9 Å². The molecule has 12 nitrogen and oxygen atoms in total. The number of phenols is 2. The third-order valence-electron chi connectivity index (χ3n) is 7.27. The molecular weight excluding hydrogens is 520 g/mol. The molecule has 6 N–H and O–H groups in total. The molecule has 2 rings (SSSR count). The van der Waals surface area contributed by atoms with E-state index in [1.807, 2.05) is 6.92 Å². The summed E-state index contributed by atoms with van der Waals surface area (Å²) in [6.45, 7) is 6.10. The predicted molar refractivity (Wildman–Crippen MR) is 147 cm³/mol. The Morgan fingerprint density at radius 3 is 2.40 bits per heavy atom. The van der Waals surface area contributed by atoms with Crippen molar-refractivity contribution in [2.45, 2.75) is 90.3 Å². The van der Waals surface area contributed by atoms with E-state index in [2.05, 4.69) is 16.0 Å². The van der Waals surface area contributed by atoms with E-state index in [-0.39, 0.29) is 41.7 Å². The summed E-state index contributed by atoms with van der Waals surface area (Å²) in [6.07, 6.45) is 3.98. The molecule has 1 heterocycles. The number of carbonyl (C=O) groups is 5. The van der Waals surface area contributed by atoms with E-state index in [1.165, 1.54) is 18.2 Å². The SMILES string of the molecule is CC[C@H](NC(=O)[C@@H](NC(=O)[C@@H]1CCCN1C(=O)CCCCCNC(=O)c1cc(O)ccc1O)[C@@H](C)CC)C(=O)O. The topological polar surface area (TPSA) is 185 Å². The number of carboxylic acids is 1. The molecular formula is C28H42N4O8. The summed E-state index contributed by atoms with van der Waals surface area (Å²) in [7, 11) is 0. The summed E-state index contributed by atoms with van der Waals surface area (Å²) in [6, 6.07) is 1.04. The van der Waals surface area contributed by atoms with E-state index in [9.17, 15) is 39.3 Å². The second-order valence-corrected chi connectivity index (χ2v) is 10.2. The van der Waals surface area contributed by atoms with E-state index in [0.717, 1.165) is 0 Å². The molecule has 0 aromatic heterocycles. The molecule has 1 aliphatic heterocycles. The Hall–Kier alpha value is -3.83. The lowest BCUT2D eigenvalue weighted by molar-refractivity contribution is -0.143. The Balaban J connectivity index is 1.83. The van der Waals surface area contributed by atoms with Crippen LogP contribution in [-0.4, -0.2) is 81.0 Å². The van der Waals surface area contributed by atoms with Crippen LogP contribution in [0, 0.1) is 5.92 Å². The fraction of sp³-hybridized carbons (Fsp3) is 0.607. The summed E-state index contributed by atoms with van der Waals surface area (Å²) in [5.41, 5.74) is -0.0198. The molecule has 1 aromatic rings. The highest BCUT2D eigenvalue weighted by Gasteiger charge is 2.37. The van der Waals surface area contributed by atoms with E-state index in [1.54, 1.807) is 18.7 Å². The number of carbonyl (C=O) groups excluding carboxylic acids is 4. The van der Waals surface area contributed by atoms with Crippen molar-refractivity contribution in [3.05, 3.63) is 23.8 Å². The van der Waals surface area contributed by atoms with E-state index < -0.39 is 41.8 Å². The van der Waals surface area contributed by atoms with Crippen molar-refractivity contribution < 1.29 is 39.3 Å². The number of likely N-dealkylation sites (tertiary alicyclic amines) is 1. The van der Waals surface area contributed by atoms with Gasteiger partial charge < -0.3 is 36.2 Å². The third kappa shape index (κ3) is 9.13. The fourth-order valence-electron chi connectivity index (χ4n) is 4.61. The molecule has 0 saturated carbocycles. The molecule has 1 saturated heterocycles. The highest BCUT2D eigenvalue weighted by molar-refractivity contribution is 5.97. The molecule has 12 heteroatoms. The zero-order valence-corrected chi connectivity index (χ0v) is 23.4. The molecule has 0 spiro atoms. The third-order valence-corrected chi connectivity index (χ3v) is 7.27. The van der Waals surface area contributed by atoms with Crippen molar-refractivity contribution in [2.75, 3.05) is 13.1 Å². The van der Waals surface area contributed by atoms with Gasteiger partial charge in [0.2, 0.25) is 17.7 Å². The predicted octanol–water partition coefficient (Wildman–Crippen LogP) is 1.89.